The zero-order valence-corrected chi connectivity index (χ0v) is 11.4. The van der Waals surface area contributed by atoms with Gasteiger partial charge in [-0.15, -0.1) is 0 Å². The van der Waals surface area contributed by atoms with Crippen LogP contribution < -0.4 is 5.32 Å². The van der Waals surface area contributed by atoms with Crippen LogP contribution in [0.15, 0.2) is 36.4 Å². The summed E-state index contributed by atoms with van der Waals surface area (Å²) in [7, 11) is 0. The Hall–Kier alpha value is -1.38. The van der Waals surface area contributed by atoms with E-state index in [0.29, 0.717) is 0 Å². The van der Waals surface area contributed by atoms with Gasteiger partial charge in [-0.3, -0.25) is 0 Å². The largest absolute Gasteiger partial charge is 0.387 e. The predicted molar refractivity (Wildman–Crippen MR) is 79.3 cm³/mol. The molecule has 3 rings (SSSR count). The SMILES string of the molecule is Cc1ccc(C(O)C2CCCCN2)c2ccccc12. The molecular formula is C17H21NO. The molecule has 2 aromatic carbocycles. The van der Waals surface area contributed by atoms with Gasteiger partial charge in [-0.25, -0.2) is 0 Å². The summed E-state index contributed by atoms with van der Waals surface area (Å²) in [5, 5.41) is 16.5. The van der Waals surface area contributed by atoms with Crippen molar-refractivity contribution >= 4 is 10.8 Å². The summed E-state index contributed by atoms with van der Waals surface area (Å²) >= 11 is 0. The molecule has 1 aliphatic heterocycles. The van der Waals surface area contributed by atoms with Crippen LogP contribution in [-0.2, 0) is 0 Å². The van der Waals surface area contributed by atoms with Gasteiger partial charge in [0.05, 0.1) is 6.10 Å². The Balaban J connectivity index is 2.02. The number of aliphatic hydroxyl groups excluding tert-OH is 1. The fourth-order valence-electron chi connectivity index (χ4n) is 3.10. The third kappa shape index (κ3) is 2.38. The van der Waals surface area contributed by atoms with Crippen molar-refractivity contribution in [3.63, 3.8) is 0 Å². The normalized spacial score (nSPS) is 21.5. The van der Waals surface area contributed by atoms with E-state index in [1.165, 1.54) is 29.2 Å². The number of aryl methyl sites for hydroxylation is 1. The van der Waals surface area contributed by atoms with Crippen molar-refractivity contribution in [2.75, 3.05) is 6.54 Å². The molecule has 2 unspecified atom stereocenters. The molecule has 2 nitrogen and oxygen atoms in total. The Labute approximate surface area is 114 Å². The molecule has 2 atom stereocenters. The van der Waals surface area contributed by atoms with Gasteiger partial charge in [0.25, 0.3) is 0 Å². The molecule has 19 heavy (non-hydrogen) atoms. The first-order valence-corrected chi connectivity index (χ1v) is 7.17. The Bertz CT molecular complexity index is 572. The van der Waals surface area contributed by atoms with E-state index in [1.54, 1.807) is 0 Å². The van der Waals surface area contributed by atoms with Crippen LogP contribution in [0.1, 0.15) is 36.5 Å². The fraction of sp³-hybridized carbons (Fsp3) is 0.412. The van der Waals surface area contributed by atoms with Gasteiger partial charge in [0.15, 0.2) is 0 Å². The first-order chi connectivity index (χ1) is 9.27. The summed E-state index contributed by atoms with van der Waals surface area (Å²) in [4.78, 5) is 0. The van der Waals surface area contributed by atoms with Crippen molar-refractivity contribution in [1.82, 2.24) is 5.32 Å². The summed E-state index contributed by atoms with van der Waals surface area (Å²) in [6, 6.07) is 12.7. The van der Waals surface area contributed by atoms with Crippen LogP contribution >= 0.6 is 0 Å². The van der Waals surface area contributed by atoms with Gasteiger partial charge in [-0.2, -0.15) is 0 Å². The fourth-order valence-corrected chi connectivity index (χ4v) is 3.10. The van der Waals surface area contributed by atoms with Gasteiger partial charge in [-0.1, -0.05) is 42.8 Å². The quantitative estimate of drug-likeness (QED) is 0.862. The van der Waals surface area contributed by atoms with E-state index in [0.717, 1.165) is 18.5 Å². The van der Waals surface area contributed by atoms with Crippen LogP contribution in [0.25, 0.3) is 10.8 Å². The van der Waals surface area contributed by atoms with Crippen LogP contribution in [0, 0.1) is 6.92 Å². The van der Waals surface area contributed by atoms with Crippen molar-refractivity contribution < 1.29 is 5.11 Å². The van der Waals surface area contributed by atoms with Gasteiger partial charge in [0.1, 0.15) is 0 Å². The third-order valence-corrected chi connectivity index (χ3v) is 4.22. The highest BCUT2D eigenvalue weighted by Gasteiger charge is 2.24. The highest BCUT2D eigenvalue weighted by atomic mass is 16.3. The Morgan fingerprint density at radius 3 is 2.63 bits per heavy atom. The van der Waals surface area contributed by atoms with Crippen LogP contribution in [0.4, 0.5) is 0 Å². The van der Waals surface area contributed by atoms with Crippen LogP contribution in [0.3, 0.4) is 0 Å². The standard InChI is InChI=1S/C17H21NO/c1-12-9-10-15(14-7-3-2-6-13(12)14)17(19)16-8-4-5-11-18-16/h2-3,6-7,9-10,16-19H,4-5,8,11H2,1H3. The maximum absolute atomic E-state index is 10.7. The lowest BCUT2D eigenvalue weighted by Gasteiger charge is -2.29. The van der Waals surface area contributed by atoms with Gasteiger partial charge in [0.2, 0.25) is 0 Å². The first kappa shape index (κ1) is 12.6. The number of aliphatic hydroxyl groups is 1. The van der Waals surface area contributed by atoms with Gasteiger partial charge < -0.3 is 10.4 Å². The molecule has 1 saturated heterocycles. The lowest BCUT2D eigenvalue weighted by Crippen LogP contribution is -2.38. The topological polar surface area (TPSA) is 32.3 Å². The molecule has 0 bridgehead atoms. The van der Waals surface area contributed by atoms with E-state index in [-0.39, 0.29) is 6.04 Å². The predicted octanol–water partition coefficient (Wildman–Crippen LogP) is 3.32. The molecule has 0 aliphatic carbocycles. The summed E-state index contributed by atoms with van der Waals surface area (Å²) < 4.78 is 0. The highest BCUT2D eigenvalue weighted by molar-refractivity contribution is 5.88. The number of benzene rings is 2. The van der Waals surface area contributed by atoms with Gasteiger partial charge >= 0.3 is 0 Å². The first-order valence-electron chi connectivity index (χ1n) is 7.17. The van der Waals surface area contributed by atoms with Crippen molar-refractivity contribution in [2.45, 2.75) is 38.3 Å². The third-order valence-electron chi connectivity index (χ3n) is 4.22. The maximum Gasteiger partial charge on any atom is 0.0948 e. The van der Waals surface area contributed by atoms with E-state index in [9.17, 15) is 5.11 Å². The second-order valence-electron chi connectivity index (χ2n) is 5.52. The van der Waals surface area contributed by atoms with Gasteiger partial charge in [0, 0.05) is 6.04 Å². The van der Waals surface area contributed by atoms with Crippen molar-refractivity contribution in [1.29, 1.82) is 0 Å². The summed E-state index contributed by atoms with van der Waals surface area (Å²) in [5.74, 6) is 0. The Morgan fingerprint density at radius 2 is 1.89 bits per heavy atom. The summed E-state index contributed by atoms with van der Waals surface area (Å²) in [5.41, 5.74) is 2.32. The van der Waals surface area contributed by atoms with Crippen LogP contribution in [0.2, 0.25) is 0 Å². The average molecular weight is 255 g/mol. The molecule has 0 saturated carbocycles. The van der Waals surface area contributed by atoms with E-state index < -0.39 is 6.10 Å². The molecular weight excluding hydrogens is 234 g/mol. The second kappa shape index (κ2) is 5.32. The molecule has 100 valence electrons. The molecule has 1 aliphatic rings. The summed E-state index contributed by atoms with van der Waals surface area (Å²) in [6.45, 7) is 3.14. The van der Waals surface area contributed by atoms with E-state index in [4.69, 9.17) is 0 Å². The molecule has 0 spiro atoms. The number of nitrogens with one attached hydrogen (secondary N) is 1. The molecule has 2 aromatic rings. The smallest absolute Gasteiger partial charge is 0.0948 e. The average Bonchev–Trinajstić information content (AvgIpc) is 2.48. The lowest BCUT2D eigenvalue weighted by atomic mass is 9.90. The molecule has 1 fully saturated rings. The molecule has 0 aromatic heterocycles. The Kier molecular flexibility index (Phi) is 3.54. The minimum atomic E-state index is -0.411. The Morgan fingerprint density at radius 1 is 1.11 bits per heavy atom. The van der Waals surface area contributed by atoms with Crippen molar-refractivity contribution in [3.8, 4) is 0 Å². The minimum Gasteiger partial charge on any atom is -0.387 e. The van der Waals surface area contributed by atoms with Crippen LogP contribution in [0.5, 0.6) is 0 Å². The maximum atomic E-state index is 10.7. The second-order valence-corrected chi connectivity index (χ2v) is 5.52. The molecule has 2 heteroatoms. The van der Waals surface area contributed by atoms with Crippen molar-refractivity contribution in [2.24, 2.45) is 0 Å². The molecule has 0 amide bonds. The van der Waals surface area contributed by atoms with E-state index >= 15 is 0 Å². The minimum absolute atomic E-state index is 0.194. The zero-order valence-electron chi connectivity index (χ0n) is 11.4. The lowest BCUT2D eigenvalue weighted by molar-refractivity contribution is 0.115. The number of hydrogen-bond donors (Lipinski definition) is 2. The zero-order chi connectivity index (χ0) is 13.2. The van der Waals surface area contributed by atoms with Gasteiger partial charge in [-0.05, 0) is 48.2 Å². The molecule has 1 heterocycles. The van der Waals surface area contributed by atoms with E-state index in [1.807, 2.05) is 6.07 Å². The van der Waals surface area contributed by atoms with Crippen LogP contribution in [-0.4, -0.2) is 17.7 Å². The number of piperidine rings is 1. The molecule has 0 radical (unpaired) electrons. The van der Waals surface area contributed by atoms with Crippen molar-refractivity contribution in [3.05, 3.63) is 47.5 Å². The van der Waals surface area contributed by atoms with E-state index in [2.05, 4.69) is 42.6 Å². The number of hydrogen-bond acceptors (Lipinski definition) is 2. The monoisotopic (exact) mass is 255 g/mol. The highest BCUT2D eigenvalue weighted by Crippen LogP contribution is 2.30. The number of fused-ring (bicyclic) bond motifs is 1. The number of rotatable bonds is 2. The summed E-state index contributed by atoms with van der Waals surface area (Å²) in [6.07, 6.45) is 3.07. The molecule has 2 N–H and O–H groups in total.